The minimum absolute atomic E-state index is 0.0472. The number of hydrogen-bond acceptors (Lipinski definition) is 5. The SMILES string of the molecule is Cc1nc2ncnn2c(C)c1CCC(=O)Nc1ccc(-c2nc3ccccc3[nH]2)cc1. The summed E-state index contributed by atoms with van der Waals surface area (Å²) in [5, 5.41) is 7.16. The summed E-state index contributed by atoms with van der Waals surface area (Å²) in [6.45, 7) is 3.91. The summed E-state index contributed by atoms with van der Waals surface area (Å²) in [6.07, 6.45) is 2.43. The molecular weight excluding hydrogens is 390 g/mol. The number of para-hydroxylation sites is 2. The van der Waals surface area contributed by atoms with E-state index in [0.717, 1.165) is 45.1 Å². The number of aromatic amines is 1. The smallest absolute Gasteiger partial charge is 0.252 e. The number of imidazole rings is 1. The molecule has 8 heteroatoms. The maximum atomic E-state index is 12.5. The lowest BCUT2D eigenvalue weighted by molar-refractivity contribution is -0.116. The van der Waals surface area contributed by atoms with E-state index in [1.165, 1.54) is 6.33 Å². The Bertz CT molecular complexity index is 1370. The van der Waals surface area contributed by atoms with Gasteiger partial charge >= 0.3 is 0 Å². The van der Waals surface area contributed by atoms with Crippen LogP contribution in [0, 0.1) is 13.8 Å². The Hall–Kier alpha value is -4.07. The lowest BCUT2D eigenvalue weighted by atomic mass is 10.1. The van der Waals surface area contributed by atoms with Crippen molar-refractivity contribution in [2.75, 3.05) is 5.32 Å². The molecule has 0 radical (unpaired) electrons. The Labute approximate surface area is 178 Å². The normalized spacial score (nSPS) is 11.3. The number of H-pyrrole nitrogens is 1. The van der Waals surface area contributed by atoms with Crippen LogP contribution in [-0.4, -0.2) is 35.5 Å². The van der Waals surface area contributed by atoms with Crippen molar-refractivity contribution in [2.24, 2.45) is 0 Å². The molecule has 0 unspecified atom stereocenters. The molecule has 0 aliphatic rings. The van der Waals surface area contributed by atoms with Gasteiger partial charge in [0.2, 0.25) is 5.91 Å². The third-order valence-electron chi connectivity index (χ3n) is 5.42. The van der Waals surface area contributed by atoms with Crippen LogP contribution in [0.5, 0.6) is 0 Å². The van der Waals surface area contributed by atoms with Gasteiger partial charge in [-0.1, -0.05) is 12.1 Å². The van der Waals surface area contributed by atoms with Gasteiger partial charge in [-0.05, 0) is 62.2 Å². The van der Waals surface area contributed by atoms with E-state index < -0.39 is 0 Å². The van der Waals surface area contributed by atoms with Crippen molar-refractivity contribution in [1.29, 1.82) is 0 Å². The molecule has 5 rings (SSSR count). The number of aromatic nitrogens is 6. The summed E-state index contributed by atoms with van der Waals surface area (Å²) in [4.78, 5) is 29.0. The first kappa shape index (κ1) is 18.9. The second-order valence-electron chi connectivity index (χ2n) is 7.46. The molecule has 0 aliphatic heterocycles. The molecule has 0 atom stereocenters. The molecule has 2 N–H and O–H groups in total. The van der Waals surface area contributed by atoms with E-state index in [0.29, 0.717) is 18.6 Å². The van der Waals surface area contributed by atoms with Crippen LogP contribution in [0.2, 0.25) is 0 Å². The number of carbonyl (C=O) groups excluding carboxylic acids is 1. The second-order valence-corrected chi connectivity index (χ2v) is 7.46. The zero-order chi connectivity index (χ0) is 21.4. The summed E-state index contributed by atoms with van der Waals surface area (Å²) >= 11 is 0. The highest BCUT2D eigenvalue weighted by atomic mass is 16.1. The van der Waals surface area contributed by atoms with Gasteiger partial charge in [-0.2, -0.15) is 10.1 Å². The monoisotopic (exact) mass is 411 g/mol. The van der Waals surface area contributed by atoms with Crippen LogP contribution in [0.15, 0.2) is 54.9 Å². The maximum Gasteiger partial charge on any atom is 0.252 e. The van der Waals surface area contributed by atoms with E-state index >= 15 is 0 Å². The molecule has 1 amide bonds. The highest BCUT2D eigenvalue weighted by Gasteiger charge is 2.13. The van der Waals surface area contributed by atoms with Crippen LogP contribution in [0.3, 0.4) is 0 Å². The predicted molar refractivity (Wildman–Crippen MR) is 119 cm³/mol. The fourth-order valence-corrected chi connectivity index (χ4v) is 3.78. The first-order valence-corrected chi connectivity index (χ1v) is 10.1. The summed E-state index contributed by atoms with van der Waals surface area (Å²) in [7, 11) is 0. The molecule has 0 saturated heterocycles. The highest BCUT2D eigenvalue weighted by Crippen LogP contribution is 2.22. The number of carbonyl (C=O) groups is 1. The standard InChI is InChI=1S/C23H21N7O/c1-14-18(15(2)30-23(26-14)24-13-25-30)11-12-21(31)27-17-9-7-16(8-10-17)22-28-19-5-3-4-6-20(19)29-22/h3-10,13H,11-12H2,1-2H3,(H,27,31)(H,28,29). The van der Waals surface area contributed by atoms with Crippen molar-refractivity contribution in [2.45, 2.75) is 26.7 Å². The van der Waals surface area contributed by atoms with E-state index in [4.69, 9.17) is 0 Å². The third-order valence-corrected chi connectivity index (χ3v) is 5.42. The van der Waals surface area contributed by atoms with Crippen molar-refractivity contribution < 1.29 is 4.79 Å². The van der Waals surface area contributed by atoms with E-state index in [2.05, 4.69) is 30.4 Å². The Kier molecular flexibility index (Phi) is 4.66. The van der Waals surface area contributed by atoms with Crippen molar-refractivity contribution in [3.63, 3.8) is 0 Å². The number of anilines is 1. The van der Waals surface area contributed by atoms with Crippen LogP contribution < -0.4 is 5.32 Å². The largest absolute Gasteiger partial charge is 0.338 e. The topological polar surface area (TPSA) is 101 Å². The Balaban J connectivity index is 1.26. The number of nitrogens with one attached hydrogen (secondary N) is 2. The number of amides is 1. The van der Waals surface area contributed by atoms with Gasteiger partial charge in [0.05, 0.1) is 11.0 Å². The van der Waals surface area contributed by atoms with Crippen molar-refractivity contribution >= 4 is 28.4 Å². The fourth-order valence-electron chi connectivity index (χ4n) is 3.78. The Morgan fingerprint density at radius 3 is 2.68 bits per heavy atom. The van der Waals surface area contributed by atoms with Gasteiger partial charge in [-0.3, -0.25) is 4.79 Å². The molecule has 8 nitrogen and oxygen atoms in total. The molecule has 5 aromatic rings. The van der Waals surface area contributed by atoms with Crippen LogP contribution in [0.25, 0.3) is 28.2 Å². The quantitative estimate of drug-likeness (QED) is 0.457. The van der Waals surface area contributed by atoms with Crippen LogP contribution in [0.4, 0.5) is 5.69 Å². The predicted octanol–water partition coefficient (Wildman–Crippen LogP) is 3.86. The van der Waals surface area contributed by atoms with Gasteiger partial charge in [-0.15, -0.1) is 0 Å². The van der Waals surface area contributed by atoms with E-state index in [1.807, 2.05) is 62.4 Å². The van der Waals surface area contributed by atoms with E-state index in [9.17, 15) is 4.79 Å². The molecule has 0 fully saturated rings. The molecular formula is C23H21N7O. The van der Waals surface area contributed by atoms with Gasteiger partial charge < -0.3 is 10.3 Å². The highest BCUT2D eigenvalue weighted by molar-refractivity contribution is 5.91. The third kappa shape index (κ3) is 3.63. The van der Waals surface area contributed by atoms with Crippen molar-refractivity contribution in [1.82, 2.24) is 29.5 Å². The van der Waals surface area contributed by atoms with Crippen LogP contribution in [0.1, 0.15) is 23.4 Å². The number of fused-ring (bicyclic) bond motifs is 2. The van der Waals surface area contributed by atoms with Gasteiger partial charge in [0.15, 0.2) is 0 Å². The number of benzene rings is 2. The van der Waals surface area contributed by atoms with Gasteiger partial charge in [0, 0.05) is 29.1 Å². The number of aryl methyl sites for hydroxylation is 2. The number of hydrogen-bond donors (Lipinski definition) is 2. The molecule has 0 spiro atoms. The molecule has 0 bridgehead atoms. The minimum Gasteiger partial charge on any atom is -0.338 e. The van der Waals surface area contributed by atoms with E-state index in [-0.39, 0.29) is 5.91 Å². The summed E-state index contributed by atoms with van der Waals surface area (Å²) in [5.74, 6) is 1.34. The average molecular weight is 411 g/mol. The maximum absolute atomic E-state index is 12.5. The Morgan fingerprint density at radius 1 is 1.06 bits per heavy atom. The Morgan fingerprint density at radius 2 is 1.87 bits per heavy atom. The average Bonchev–Trinajstić information content (AvgIpc) is 3.41. The summed E-state index contributed by atoms with van der Waals surface area (Å²) < 4.78 is 1.71. The number of rotatable bonds is 5. The zero-order valence-corrected chi connectivity index (χ0v) is 17.3. The summed E-state index contributed by atoms with van der Waals surface area (Å²) in [6, 6.07) is 15.6. The molecule has 2 aromatic carbocycles. The minimum atomic E-state index is -0.0472. The first-order chi connectivity index (χ1) is 15.1. The van der Waals surface area contributed by atoms with Crippen molar-refractivity contribution in [3.05, 3.63) is 71.8 Å². The lowest BCUT2D eigenvalue weighted by Gasteiger charge is -2.10. The lowest BCUT2D eigenvalue weighted by Crippen LogP contribution is -2.14. The van der Waals surface area contributed by atoms with E-state index in [1.54, 1.807) is 4.52 Å². The fraction of sp³-hybridized carbons (Fsp3) is 0.174. The second kappa shape index (κ2) is 7.64. The van der Waals surface area contributed by atoms with Gasteiger partial charge in [0.1, 0.15) is 12.2 Å². The van der Waals surface area contributed by atoms with Crippen LogP contribution in [-0.2, 0) is 11.2 Å². The number of nitrogens with zero attached hydrogens (tertiary/aromatic N) is 5. The first-order valence-electron chi connectivity index (χ1n) is 10.1. The molecule has 3 aromatic heterocycles. The molecule has 0 saturated carbocycles. The molecule has 3 heterocycles. The van der Waals surface area contributed by atoms with Gasteiger partial charge in [0.25, 0.3) is 5.78 Å². The van der Waals surface area contributed by atoms with Crippen LogP contribution >= 0.6 is 0 Å². The zero-order valence-electron chi connectivity index (χ0n) is 17.3. The molecule has 0 aliphatic carbocycles. The summed E-state index contributed by atoms with van der Waals surface area (Å²) in [5.41, 5.74) is 6.51. The van der Waals surface area contributed by atoms with Gasteiger partial charge in [-0.25, -0.2) is 14.5 Å². The van der Waals surface area contributed by atoms with Crippen molar-refractivity contribution in [3.8, 4) is 11.4 Å². The molecule has 31 heavy (non-hydrogen) atoms. The molecule has 154 valence electrons.